The van der Waals surface area contributed by atoms with E-state index in [9.17, 15) is 13.2 Å². The molecule has 0 aliphatic heterocycles. The molecule has 0 aliphatic rings. The minimum absolute atomic E-state index is 0.0113. The maximum Gasteiger partial charge on any atom is 0.373 e. The molecular formula is C11H14N2O4S. The van der Waals surface area contributed by atoms with Crippen LogP contribution < -0.4 is 5.73 Å². The van der Waals surface area contributed by atoms with E-state index in [1.54, 1.807) is 19.1 Å². The van der Waals surface area contributed by atoms with Crippen LogP contribution >= 0.6 is 0 Å². The molecule has 6 nitrogen and oxygen atoms in total. The molecule has 98 valence electrons. The SMILES string of the molecule is CCOC(=O)C(N)=Nc1ccccc1S(C)(=O)=O. The van der Waals surface area contributed by atoms with Gasteiger partial charge in [0.1, 0.15) is 0 Å². The van der Waals surface area contributed by atoms with E-state index in [2.05, 4.69) is 9.73 Å². The summed E-state index contributed by atoms with van der Waals surface area (Å²) in [6, 6.07) is 6.02. The zero-order chi connectivity index (χ0) is 13.8. The molecule has 0 fully saturated rings. The normalized spacial score (nSPS) is 12.2. The van der Waals surface area contributed by atoms with Gasteiger partial charge in [-0.05, 0) is 19.1 Å². The minimum Gasteiger partial charge on any atom is -0.460 e. The molecule has 0 saturated heterocycles. The lowest BCUT2D eigenvalue weighted by Crippen LogP contribution is -2.25. The van der Waals surface area contributed by atoms with Gasteiger partial charge < -0.3 is 10.5 Å². The fourth-order valence-electron chi connectivity index (χ4n) is 1.24. The summed E-state index contributed by atoms with van der Waals surface area (Å²) in [5.74, 6) is -1.16. The lowest BCUT2D eigenvalue weighted by molar-refractivity contribution is -0.135. The number of esters is 1. The van der Waals surface area contributed by atoms with E-state index in [1.165, 1.54) is 12.1 Å². The quantitative estimate of drug-likeness (QED) is 0.493. The fourth-order valence-corrected chi connectivity index (χ4v) is 2.06. The van der Waals surface area contributed by atoms with Gasteiger partial charge in [-0.25, -0.2) is 18.2 Å². The molecule has 0 saturated carbocycles. The summed E-state index contributed by atoms with van der Waals surface area (Å²) in [5, 5.41) is 0. The Morgan fingerprint density at radius 2 is 2.00 bits per heavy atom. The molecule has 2 N–H and O–H groups in total. The Balaban J connectivity index is 3.20. The number of amidine groups is 1. The van der Waals surface area contributed by atoms with Crippen molar-refractivity contribution in [3.8, 4) is 0 Å². The number of carbonyl (C=O) groups is 1. The van der Waals surface area contributed by atoms with E-state index >= 15 is 0 Å². The van der Waals surface area contributed by atoms with Gasteiger partial charge in [0.25, 0.3) is 0 Å². The molecule has 1 aromatic carbocycles. The highest BCUT2D eigenvalue weighted by Gasteiger charge is 2.14. The lowest BCUT2D eigenvalue weighted by Gasteiger charge is -2.04. The molecule has 0 bridgehead atoms. The first-order valence-electron chi connectivity index (χ1n) is 5.16. The Bertz CT molecular complexity index is 578. The summed E-state index contributed by atoms with van der Waals surface area (Å²) >= 11 is 0. The summed E-state index contributed by atoms with van der Waals surface area (Å²) in [5.41, 5.74) is 5.54. The van der Waals surface area contributed by atoms with Crippen LogP contribution in [0.15, 0.2) is 34.2 Å². The van der Waals surface area contributed by atoms with Gasteiger partial charge in [-0.3, -0.25) is 0 Å². The highest BCUT2D eigenvalue weighted by molar-refractivity contribution is 7.90. The third-order valence-corrected chi connectivity index (χ3v) is 3.13. The van der Waals surface area contributed by atoms with Crippen molar-refractivity contribution >= 4 is 27.3 Å². The number of rotatable bonds is 3. The number of ether oxygens (including phenoxy) is 1. The number of aliphatic imine (C=N–C) groups is 1. The molecule has 0 spiro atoms. The van der Waals surface area contributed by atoms with Crippen molar-refractivity contribution in [2.75, 3.05) is 12.9 Å². The van der Waals surface area contributed by atoms with Crippen LogP contribution in [0.1, 0.15) is 6.92 Å². The van der Waals surface area contributed by atoms with E-state index in [1.807, 2.05) is 0 Å². The summed E-state index contributed by atoms with van der Waals surface area (Å²) in [7, 11) is -3.43. The lowest BCUT2D eigenvalue weighted by atomic mass is 10.3. The largest absolute Gasteiger partial charge is 0.460 e. The number of para-hydroxylation sites is 1. The highest BCUT2D eigenvalue weighted by Crippen LogP contribution is 2.23. The number of carbonyl (C=O) groups excluding carboxylic acids is 1. The average molecular weight is 270 g/mol. The van der Waals surface area contributed by atoms with Crippen LogP contribution in [0.25, 0.3) is 0 Å². The predicted octanol–water partition coefficient (Wildman–Crippen LogP) is 0.642. The smallest absolute Gasteiger partial charge is 0.373 e. The molecular weight excluding hydrogens is 256 g/mol. The number of nitrogens with two attached hydrogens (primary N) is 1. The van der Waals surface area contributed by atoms with Crippen molar-refractivity contribution in [3.05, 3.63) is 24.3 Å². The van der Waals surface area contributed by atoms with Gasteiger partial charge in [0.15, 0.2) is 9.84 Å². The van der Waals surface area contributed by atoms with E-state index < -0.39 is 15.8 Å². The number of hydrogen-bond acceptors (Lipinski definition) is 5. The second kappa shape index (κ2) is 5.63. The topological polar surface area (TPSA) is 98.8 Å². The van der Waals surface area contributed by atoms with Crippen molar-refractivity contribution in [2.24, 2.45) is 10.7 Å². The second-order valence-electron chi connectivity index (χ2n) is 3.46. The second-order valence-corrected chi connectivity index (χ2v) is 5.44. The molecule has 0 radical (unpaired) electrons. The number of nitrogens with zero attached hydrogens (tertiary/aromatic N) is 1. The molecule has 0 atom stereocenters. The summed E-state index contributed by atoms with van der Waals surface area (Å²) in [4.78, 5) is 15.1. The Labute approximate surface area is 105 Å². The van der Waals surface area contributed by atoms with Crippen LogP contribution in [0.2, 0.25) is 0 Å². The Hall–Kier alpha value is -1.89. The first kappa shape index (κ1) is 14.2. The van der Waals surface area contributed by atoms with Gasteiger partial charge in [0.2, 0.25) is 5.84 Å². The van der Waals surface area contributed by atoms with E-state index in [4.69, 9.17) is 5.73 Å². The molecule has 0 aromatic heterocycles. The number of hydrogen-bond donors (Lipinski definition) is 1. The van der Waals surface area contributed by atoms with E-state index in [0.717, 1.165) is 6.26 Å². The molecule has 0 unspecified atom stereocenters. The van der Waals surface area contributed by atoms with Crippen molar-refractivity contribution in [1.29, 1.82) is 0 Å². The Kier molecular flexibility index (Phi) is 4.43. The standard InChI is InChI=1S/C11H14N2O4S/c1-3-17-11(14)10(12)13-8-6-4-5-7-9(8)18(2,15)16/h4-7H,3H2,1-2H3,(H2,12,13). The summed E-state index contributed by atoms with van der Waals surface area (Å²) < 4.78 is 27.7. The molecule has 0 heterocycles. The van der Waals surface area contributed by atoms with Gasteiger partial charge in [0.05, 0.1) is 17.2 Å². The van der Waals surface area contributed by atoms with Crippen molar-refractivity contribution in [2.45, 2.75) is 11.8 Å². The molecule has 1 aromatic rings. The predicted molar refractivity (Wildman–Crippen MR) is 67.5 cm³/mol. The molecule has 1 rings (SSSR count). The van der Waals surface area contributed by atoms with Crippen molar-refractivity contribution < 1.29 is 17.9 Å². The first-order valence-corrected chi connectivity index (χ1v) is 7.05. The van der Waals surface area contributed by atoms with Gasteiger partial charge in [0, 0.05) is 6.26 Å². The number of sulfone groups is 1. The Morgan fingerprint density at radius 3 is 2.56 bits per heavy atom. The van der Waals surface area contributed by atoms with Crippen LogP contribution in [-0.4, -0.2) is 33.1 Å². The van der Waals surface area contributed by atoms with Crippen LogP contribution in [0, 0.1) is 0 Å². The summed E-state index contributed by atoms with van der Waals surface area (Å²) in [6.07, 6.45) is 1.06. The zero-order valence-corrected chi connectivity index (χ0v) is 10.9. The van der Waals surface area contributed by atoms with Crippen LogP contribution in [-0.2, 0) is 19.4 Å². The number of benzene rings is 1. The van der Waals surface area contributed by atoms with Gasteiger partial charge >= 0.3 is 5.97 Å². The molecule has 18 heavy (non-hydrogen) atoms. The van der Waals surface area contributed by atoms with Crippen molar-refractivity contribution in [3.63, 3.8) is 0 Å². The summed E-state index contributed by atoms with van der Waals surface area (Å²) in [6.45, 7) is 1.80. The van der Waals surface area contributed by atoms with Crippen molar-refractivity contribution in [1.82, 2.24) is 0 Å². The van der Waals surface area contributed by atoms with Crippen LogP contribution in [0.3, 0.4) is 0 Å². The molecule has 0 amide bonds. The van der Waals surface area contributed by atoms with Gasteiger partial charge in [-0.15, -0.1) is 0 Å². The third-order valence-electron chi connectivity index (χ3n) is 1.99. The monoisotopic (exact) mass is 270 g/mol. The maximum absolute atomic E-state index is 11.5. The van der Waals surface area contributed by atoms with Gasteiger partial charge in [-0.2, -0.15) is 0 Å². The molecule has 7 heteroatoms. The van der Waals surface area contributed by atoms with E-state index in [0.29, 0.717) is 0 Å². The van der Waals surface area contributed by atoms with Crippen LogP contribution in [0.5, 0.6) is 0 Å². The van der Waals surface area contributed by atoms with Gasteiger partial charge in [-0.1, -0.05) is 12.1 Å². The first-order chi connectivity index (χ1) is 8.36. The highest BCUT2D eigenvalue weighted by atomic mass is 32.2. The fraction of sp³-hybridized carbons (Fsp3) is 0.273. The average Bonchev–Trinajstić information content (AvgIpc) is 2.28. The molecule has 0 aliphatic carbocycles. The van der Waals surface area contributed by atoms with E-state index in [-0.39, 0.29) is 23.0 Å². The minimum atomic E-state index is -3.43. The Morgan fingerprint density at radius 1 is 1.39 bits per heavy atom. The zero-order valence-electron chi connectivity index (χ0n) is 10.1. The maximum atomic E-state index is 11.5. The third kappa shape index (κ3) is 3.56. The van der Waals surface area contributed by atoms with Crippen LogP contribution in [0.4, 0.5) is 5.69 Å².